The van der Waals surface area contributed by atoms with Crippen molar-refractivity contribution >= 4 is 5.69 Å². The quantitative estimate of drug-likeness (QED) is 0.886. The number of anilines is 1. The molecule has 0 saturated heterocycles. The topological polar surface area (TPSA) is 32.5 Å². The van der Waals surface area contributed by atoms with E-state index in [2.05, 4.69) is 23.9 Å². The zero-order chi connectivity index (χ0) is 14.0. The van der Waals surface area contributed by atoms with Gasteiger partial charge in [-0.2, -0.15) is 0 Å². The first-order valence-electron chi connectivity index (χ1n) is 6.86. The van der Waals surface area contributed by atoms with E-state index in [1.54, 1.807) is 6.07 Å². The minimum Gasteiger partial charge on any atom is -0.372 e. The fourth-order valence-corrected chi connectivity index (χ4v) is 2.97. The van der Waals surface area contributed by atoms with Crippen LogP contribution in [0.2, 0.25) is 0 Å². The Hall–Kier alpha value is -1.13. The molecule has 0 aromatic heterocycles. The summed E-state index contributed by atoms with van der Waals surface area (Å²) in [5.41, 5.74) is 7.43. The van der Waals surface area contributed by atoms with E-state index in [0.717, 1.165) is 12.2 Å². The van der Waals surface area contributed by atoms with Gasteiger partial charge in [0.15, 0.2) is 0 Å². The van der Waals surface area contributed by atoms with Gasteiger partial charge >= 0.3 is 0 Å². The van der Waals surface area contributed by atoms with Gasteiger partial charge in [0.2, 0.25) is 0 Å². The van der Waals surface area contributed by atoms with Gasteiger partial charge in [0.05, 0.1) is 0 Å². The Kier molecular flexibility index (Phi) is 4.11. The molecular formula is C15H24FN3. The van der Waals surface area contributed by atoms with Crippen LogP contribution in [-0.2, 0) is 6.54 Å². The fraction of sp³-hybridized carbons (Fsp3) is 0.600. The largest absolute Gasteiger partial charge is 0.372 e. The Balaban J connectivity index is 2.20. The molecule has 0 spiro atoms. The Morgan fingerprint density at radius 1 is 1.26 bits per heavy atom. The second-order valence-electron chi connectivity index (χ2n) is 5.77. The smallest absolute Gasteiger partial charge is 0.129 e. The van der Waals surface area contributed by atoms with Crippen LogP contribution in [0.3, 0.4) is 0 Å². The first-order chi connectivity index (χ1) is 9.00. The van der Waals surface area contributed by atoms with E-state index < -0.39 is 0 Å². The minimum atomic E-state index is -0.209. The van der Waals surface area contributed by atoms with Crippen LogP contribution in [0.25, 0.3) is 0 Å². The highest BCUT2D eigenvalue weighted by Gasteiger charge is 2.40. The van der Waals surface area contributed by atoms with Crippen molar-refractivity contribution in [1.82, 2.24) is 4.90 Å². The van der Waals surface area contributed by atoms with E-state index in [9.17, 15) is 4.39 Å². The lowest BCUT2D eigenvalue weighted by atomic mass is 9.75. The first kappa shape index (κ1) is 14.3. The van der Waals surface area contributed by atoms with Crippen molar-refractivity contribution in [3.8, 4) is 0 Å². The second-order valence-corrected chi connectivity index (χ2v) is 5.77. The van der Waals surface area contributed by atoms with Crippen molar-refractivity contribution in [3.63, 3.8) is 0 Å². The van der Waals surface area contributed by atoms with Crippen LogP contribution in [-0.4, -0.2) is 38.1 Å². The zero-order valence-electron chi connectivity index (χ0n) is 12.1. The van der Waals surface area contributed by atoms with Crippen LogP contribution in [0.5, 0.6) is 0 Å². The van der Waals surface area contributed by atoms with Crippen LogP contribution >= 0.6 is 0 Å². The van der Waals surface area contributed by atoms with Crippen molar-refractivity contribution in [3.05, 3.63) is 29.6 Å². The summed E-state index contributed by atoms with van der Waals surface area (Å²) in [6.45, 7) is 1.15. The molecule has 1 aliphatic rings. The summed E-state index contributed by atoms with van der Waals surface area (Å²) >= 11 is 0. The Morgan fingerprint density at radius 3 is 2.42 bits per heavy atom. The van der Waals surface area contributed by atoms with E-state index >= 15 is 0 Å². The molecule has 0 radical (unpaired) electrons. The van der Waals surface area contributed by atoms with E-state index in [0.29, 0.717) is 5.56 Å². The Labute approximate surface area is 115 Å². The molecule has 2 N–H and O–H groups in total. The molecule has 4 heteroatoms. The van der Waals surface area contributed by atoms with Crippen LogP contribution in [0, 0.1) is 5.82 Å². The van der Waals surface area contributed by atoms with Crippen molar-refractivity contribution in [2.24, 2.45) is 5.73 Å². The average molecular weight is 265 g/mol. The van der Waals surface area contributed by atoms with Gasteiger partial charge in [0, 0.05) is 36.9 Å². The molecule has 0 amide bonds. The van der Waals surface area contributed by atoms with Crippen molar-refractivity contribution < 1.29 is 4.39 Å². The molecule has 0 atom stereocenters. The normalized spacial score (nSPS) is 17.4. The number of nitrogens with zero attached hydrogens (tertiary/aromatic N) is 2. The summed E-state index contributed by atoms with van der Waals surface area (Å²) < 4.78 is 13.8. The maximum absolute atomic E-state index is 13.8. The SMILES string of the molecule is CN(CC1(N(C)C)CCC1)c1cccc(F)c1CN. The van der Waals surface area contributed by atoms with Gasteiger partial charge in [0.1, 0.15) is 5.82 Å². The summed E-state index contributed by atoms with van der Waals surface area (Å²) in [5.74, 6) is -0.209. The second kappa shape index (κ2) is 5.47. The summed E-state index contributed by atoms with van der Waals surface area (Å²) in [4.78, 5) is 4.44. The highest BCUT2D eigenvalue weighted by atomic mass is 19.1. The fourth-order valence-electron chi connectivity index (χ4n) is 2.97. The predicted molar refractivity (Wildman–Crippen MR) is 77.8 cm³/mol. The van der Waals surface area contributed by atoms with Crippen LogP contribution in [0.15, 0.2) is 18.2 Å². The van der Waals surface area contributed by atoms with Crippen molar-refractivity contribution in [2.45, 2.75) is 31.3 Å². The standard InChI is InChI=1S/C15H24FN3/c1-18(2)15(8-5-9-15)11-19(3)14-7-4-6-13(16)12(14)10-17/h4,6-7H,5,8-11,17H2,1-3H3. The third-order valence-electron chi connectivity index (χ3n) is 4.47. The molecule has 0 aliphatic heterocycles. The maximum atomic E-state index is 13.8. The van der Waals surface area contributed by atoms with E-state index in [-0.39, 0.29) is 17.9 Å². The monoisotopic (exact) mass is 265 g/mol. The lowest BCUT2D eigenvalue weighted by molar-refractivity contribution is 0.0683. The molecule has 1 aromatic rings. The molecule has 1 saturated carbocycles. The number of halogens is 1. The average Bonchev–Trinajstić information content (AvgIpc) is 2.32. The number of rotatable bonds is 5. The highest BCUT2D eigenvalue weighted by Crippen LogP contribution is 2.38. The van der Waals surface area contributed by atoms with E-state index in [4.69, 9.17) is 5.73 Å². The Morgan fingerprint density at radius 2 is 1.95 bits per heavy atom. The van der Waals surface area contributed by atoms with Crippen molar-refractivity contribution in [2.75, 3.05) is 32.6 Å². The number of hydrogen-bond acceptors (Lipinski definition) is 3. The molecule has 1 fully saturated rings. The molecule has 0 heterocycles. The summed E-state index contributed by atoms with van der Waals surface area (Å²) in [7, 11) is 6.28. The molecule has 1 aliphatic carbocycles. The molecule has 0 bridgehead atoms. The van der Waals surface area contributed by atoms with Gasteiger partial charge in [0.25, 0.3) is 0 Å². The van der Waals surface area contributed by atoms with E-state index in [1.807, 2.05) is 13.1 Å². The van der Waals surface area contributed by atoms with Gasteiger partial charge in [-0.05, 0) is 45.5 Å². The van der Waals surface area contributed by atoms with Gasteiger partial charge in [-0.15, -0.1) is 0 Å². The first-order valence-corrected chi connectivity index (χ1v) is 6.86. The molecule has 2 rings (SSSR count). The number of benzene rings is 1. The van der Waals surface area contributed by atoms with Gasteiger partial charge < -0.3 is 15.5 Å². The molecule has 106 valence electrons. The third-order valence-corrected chi connectivity index (χ3v) is 4.47. The molecule has 0 unspecified atom stereocenters. The summed E-state index contributed by atoms with van der Waals surface area (Å²) in [6, 6.07) is 5.18. The van der Waals surface area contributed by atoms with Crippen molar-refractivity contribution in [1.29, 1.82) is 0 Å². The summed E-state index contributed by atoms with van der Waals surface area (Å²) in [6.07, 6.45) is 3.69. The van der Waals surface area contributed by atoms with Gasteiger partial charge in [-0.25, -0.2) is 4.39 Å². The molecule has 19 heavy (non-hydrogen) atoms. The van der Waals surface area contributed by atoms with E-state index in [1.165, 1.54) is 25.3 Å². The molecule has 3 nitrogen and oxygen atoms in total. The third kappa shape index (κ3) is 2.60. The highest BCUT2D eigenvalue weighted by molar-refractivity contribution is 5.54. The number of hydrogen-bond donors (Lipinski definition) is 1. The Bertz CT molecular complexity index is 441. The molecule has 1 aromatic carbocycles. The van der Waals surface area contributed by atoms with Gasteiger partial charge in [-0.3, -0.25) is 0 Å². The zero-order valence-corrected chi connectivity index (χ0v) is 12.1. The predicted octanol–water partition coefficient (Wildman–Crippen LogP) is 2.20. The van der Waals surface area contributed by atoms with Gasteiger partial charge in [-0.1, -0.05) is 6.07 Å². The number of nitrogens with two attached hydrogens (primary N) is 1. The number of likely N-dealkylation sites (N-methyl/N-ethyl adjacent to an activating group) is 2. The minimum absolute atomic E-state index is 0.209. The lowest BCUT2D eigenvalue weighted by Crippen LogP contribution is -2.56. The maximum Gasteiger partial charge on any atom is 0.129 e. The van der Waals surface area contributed by atoms with Crippen LogP contribution in [0.4, 0.5) is 10.1 Å². The summed E-state index contributed by atoms with van der Waals surface area (Å²) in [5, 5.41) is 0. The molecular weight excluding hydrogens is 241 g/mol. The van der Waals surface area contributed by atoms with Crippen LogP contribution < -0.4 is 10.6 Å². The lowest BCUT2D eigenvalue weighted by Gasteiger charge is -2.49. The van der Waals surface area contributed by atoms with Crippen LogP contribution in [0.1, 0.15) is 24.8 Å².